The van der Waals surface area contributed by atoms with Gasteiger partial charge in [0, 0.05) is 20.6 Å². The molecule has 2 aromatic carbocycles. The van der Waals surface area contributed by atoms with Crippen molar-refractivity contribution in [2.75, 3.05) is 13.7 Å². The fourth-order valence-corrected chi connectivity index (χ4v) is 4.72. The highest BCUT2D eigenvalue weighted by Gasteiger charge is 2.33. The first-order valence-corrected chi connectivity index (χ1v) is 10.7. The van der Waals surface area contributed by atoms with Gasteiger partial charge in [0.25, 0.3) is 5.56 Å². The van der Waals surface area contributed by atoms with Crippen molar-refractivity contribution >= 4 is 10.9 Å². The molecule has 1 atom stereocenters. The van der Waals surface area contributed by atoms with E-state index in [1.165, 1.54) is 18.7 Å². The van der Waals surface area contributed by atoms with Crippen LogP contribution in [0.2, 0.25) is 0 Å². The number of ether oxygens (including phenoxy) is 2. The largest absolute Gasteiger partial charge is 0.504 e. The van der Waals surface area contributed by atoms with Crippen LogP contribution in [-0.4, -0.2) is 32.5 Å². The van der Waals surface area contributed by atoms with Crippen LogP contribution in [0.25, 0.3) is 22.2 Å². The third kappa shape index (κ3) is 3.09. The molecular weight excluding hydrogens is 422 g/mol. The van der Waals surface area contributed by atoms with E-state index >= 15 is 0 Å². The van der Waals surface area contributed by atoms with Gasteiger partial charge in [0.2, 0.25) is 0 Å². The van der Waals surface area contributed by atoms with E-state index in [1.54, 1.807) is 19.2 Å². The number of nitrogens with zero attached hydrogens (tertiary/aromatic N) is 3. The molecule has 2 aromatic heterocycles. The second-order valence-corrected chi connectivity index (χ2v) is 8.36. The summed E-state index contributed by atoms with van der Waals surface area (Å²) in [4.78, 5) is 26.3. The van der Waals surface area contributed by atoms with Crippen molar-refractivity contribution < 1.29 is 14.6 Å². The Labute approximate surface area is 189 Å². The van der Waals surface area contributed by atoms with Gasteiger partial charge in [0.1, 0.15) is 6.10 Å². The number of fused-ring (bicyclic) bond motifs is 3. The number of phenolic OH excluding ortho intramolecular Hbond substituents is 1. The van der Waals surface area contributed by atoms with Crippen LogP contribution in [0.15, 0.2) is 52.1 Å². The summed E-state index contributed by atoms with van der Waals surface area (Å²) in [5.41, 5.74) is 3.99. The highest BCUT2D eigenvalue weighted by atomic mass is 16.5. The van der Waals surface area contributed by atoms with Gasteiger partial charge in [-0.25, -0.2) is 4.79 Å². The van der Waals surface area contributed by atoms with Crippen LogP contribution in [0.5, 0.6) is 11.5 Å². The van der Waals surface area contributed by atoms with Gasteiger partial charge in [-0.2, -0.15) is 0 Å². The van der Waals surface area contributed by atoms with Gasteiger partial charge in [-0.15, -0.1) is 0 Å². The van der Waals surface area contributed by atoms with E-state index < -0.39 is 11.8 Å². The SMILES string of the molecule is COc1ccc([C@H]2OCCn3c(-c4ccc(C)cc4)c4c(=O)n(C)c(=O)n(C)c4c32)cc1O. The molecule has 0 saturated heterocycles. The molecule has 0 unspecified atom stereocenters. The summed E-state index contributed by atoms with van der Waals surface area (Å²) in [6.07, 6.45) is -0.574. The minimum Gasteiger partial charge on any atom is -0.504 e. The molecule has 0 fully saturated rings. The Morgan fingerprint density at radius 1 is 1.06 bits per heavy atom. The van der Waals surface area contributed by atoms with Gasteiger partial charge < -0.3 is 19.1 Å². The summed E-state index contributed by atoms with van der Waals surface area (Å²) in [5.74, 6) is 0.353. The zero-order chi connectivity index (χ0) is 23.4. The van der Waals surface area contributed by atoms with E-state index in [-0.39, 0.29) is 11.3 Å². The number of aryl methyl sites for hydroxylation is 2. The Hall–Kier alpha value is -3.78. The minimum atomic E-state index is -0.574. The van der Waals surface area contributed by atoms with E-state index in [9.17, 15) is 14.7 Å². The molecule has 4 aromatic rings. The molecule has 0 spiro atoms. The second kappa shape index (κ2) is 7.67. The lowest BCUT2D eigenvalue weighted by Crippen LogP contribution is -2.37. The molecule has 170 valence electrons. The molecule has 0 aliphatic carbocycles. The monoisotopic (exact) mass is 447 g/mol. The van der Waals surface area contributed by atoms with Gasteiger partial charge in [0.15, 0.2) is 11.5 Å². The lowest BCUT2D eigenvalue weighted by molar-refractivity contribution is 0.0477. The summed E-state index contributed by atoms with van der Waals surface area (Å²) in [6.45, 7) is 2.96. The van der Waals surface area contributed by atoms with E-state index in [2.05, 4.69) is 4.57 Å². The van der Waals surface area contributed by atoms with E-state index in [4.69, 9.17) is 9.47 Å². The molecule has 1 N–H and O–H groups in total. The van der Waals surface area contributed by atoms with Gasteiger partial charge in [-0.1, -0.05) is 35.9 Å². The molecule has 5 rings (SSSR count). The normalized spacial score (nSPS) is 15.6. The fourth-order valence-electron chi connectivity index (χ4n) is 4.72. The van der Waals surface area contributed by atoms with Crippen LogP contribution >= 0.6 is 0 Å². The molecular formula is C25H25N3O5. The lowest BCUT2D eigenvalue weighted by atomic mass is 10.0. The summed E-state index contributed by atoms with van der Waals surface area (Å²) >= 11 is 0. The Bertz CT molecular complexity index is 1510. The third-order valence-corrected chi connectivity index (χ3v) is 6.38. The highest BCUT2D eigenvalue weighted by Crippen LogP contribution is 2.42. The second-order valence-electron chi connectivity index (χ2n) is 8.36. The molecule has 0 bridgehead atoms. The third-order valence-electron chi connectivity index (χ3n) is 6.38. The van der Waals surface area contributed by atoms with Crippen LogP contribution in [0.3, 0.4) is 0 Å². The number of methoxy groups -OCH3 is 1. The molecule has 33 heavy (non-hydrogen) atoms. The van der Waals surface area contributed by atoms with Crippen molar-refractivity contribution in [1.29, 1.82) is 0 Å². The van der Waals surface area contributed by atoms with Crippen molar-refractivity contribution in [2.45, 2.75) is 19.6 Å². The lowest BCUT2D eigenvalue weighted by Gasteiger charge is -2.28. The smallest absolute Gasteiger partial charge is 0.331 e. The highest BCUT2D eigenvalue weighted by molar-refractivity contribution is 5.96. The number of phenols is 1. The molecule has 3 heterocycles. The quantitative estimate of drug-likeness (QED) is 0.522. The first-order chi connectivity index (χ1) is 15.8. The van der Waals surface area contributed by atoms with E-state index in [1.807, 2.05) is 37.3 Å². The minimum absolute atomic E-state index is 0.00449. The van der Waals surface area contributed by atoms with Crippen molar-refractivity contribution in [1.82, 2.24) is 13.7 Å². The molecule has 1 aliphatic heterocycles. The van der Waals surface area contributed by atoms with E-state index in [0.717, 1.165) is 21.4 Å². The fraction of sp³-hybridized carbons (Fsp3) is 0.280. The van der Waals surface area contributed by atoms with Crippen molar-refractivity contribution in [3.05, 3.63) is 80.1 Å². The number of aromatic hydroxyl groups is 1. The summed E-state index contributed by atoms with van der Waals surface area (Å²) < 4.78 is 16.1. The Morgan fingerprint density at radius 2 is 1.79 bits per heavy atom. The number of rotatable bonds is 3. The zero-order valence-corrected chi connectivity index (χ0v) is 19.0. The molecule has 8 nitrogen and oxygen atoms in total. The maximum Gasteiger partial charge on any atom is 0.331 e. The standard InChI is InChI=1S/C25H25N3O5/c1-14-5-7-15(8-6-14)20-19-21(26(2)25(31)27(3)24(19)30)22-23(33-12-11-28(20)22)16-9-10-18(32-4)17(29)13-16/h5-10,13,23,29H,11-12H2,1-4H3/t23-/m1/s1. The average Bonchev–Trinajstić information content (AvgIpc) is 3.17. The van der Waals surface area contributed by atoms with Crippen molar-refractivity contribution in [3.8, 4) is 22.8 Å². The first-order valence-electron chi connectivity index (χ1n) is 10.7. The number of aromatic nitrogens is 3. The molecule has 0 amide bonds. The van der Waals surface area contributed by atoms with Crippen molar-refractivity contribution in [3.63, 3.8) is 0 Å². The molecule has 0 saturated carbocycles. The van der Waals surface area contributed by atoms with Gasteiger partial charge >= 0.3 is 5.69 Å². The maximum atomic E-state index is 13.4. The molecule has 0 radical (unpaired) electrons. The van der Waals surface area contributed by atoms with Crippen LogP contribution in [0, 0.1) is 6.92 Å². The Morgan fingerprint density at radius 3 is 2.45 bits per heavy atom. The van der Waals surface area contributed by atoms with Crippen LogP contribution in [-0.2, 0) is 25.4 Å². The van der Waals surface area contributed by atoms with Crippen LogP contribution < -0.4 is 16.0 Å². The molecule has 8 heteroatoms. The predicted octanol–water partition coefficient (Wildman–Crippen LogP) is 2.85. The summed E-state index contributed by atoms with van der Waals surface area (Å²) in [7, 11) is 4.65. The number of hydrogen-bond donors (Lipinski definition) is 1. The maximum absolute atomic E-state index is 13.4. The summed E-state index contributed by atoms with van der Waals surface area (Å²) in [6, 6.07) is 13.1. The van der Waals surface area contributed by atoms with E-state index in [0.29, 0.717) is 41.1 Å². The first kappa shape index (κ1) is 21.1. The Balaban J connectivity index is 1.89. The number of benzene rings is 2. The average molecular weight is 447 g/mol. The van der Waals surface area contributed by atoms with Crippen LogP contribution in [0.4, 0.5) is 0 Å². The Kier molecular flexibility index (Phi) is 4.90. The topological polar surface area (TPSA) is 87.6 Å². The molecule has 1 aliphatic rings. The number of hydrogen-bond acceptors (Lipinski definition) is 5. The van der Waals surface area contributed by atoms with Gasteiger partial charge in [-0.05, 0) is 30.2 Å². The van der Waals surface area contributed by atoms with Gasteiger partial charge in [-0.3, -0.25) is 13.9 Å². The van der Waals surface area contributed by atoms with Gasteiger partial charge in [0.05, 0.1) is 36.0 Å². The zero-order valence-electron chi connectivity index (χ0n) is 19.0. The van der Waals surface area contributed by atoms with Crippen LogP contribution in [0.1, 0.15) is 22.9 Å². The summed E-state index contributed by atoms with van der Waals surface area (Å²) in [5, 5.41) is 10.9. The van der Waals surface area contributed by atoms with Crippen molar-refractivity contribution in [2.24, 2.45) is 14.1 Å². The predicted molar refractivity (Wildman–Crippen MR) is 125 cm³/mol.